The molecule has 5 heteroatoms. The van der Waals surface area contributed by atoms with Crippen LogP contribution < -0.4 is 10.8 Å². The highest BCUT2D eigenvalue weighted by molar-refractivity contribution is 5.96. The number of hydroxylamine groups is 1. The molecule has 98 valence electrons. The quantitative estimate of drug-likeness (QED) is 0.640. The van der Waals surface area contributed by atoms with Crippen molar-refractivity contribution in [3.05, 3.63) is 29.8 Å². The van der Waals surface area contributed by atoms with Crippen LogP contribution in [0.4, 0.5) is 10.5 Å². The lowest BCUT2D eigenvalue weighted by Crippen LogP contribution is -2.36. The second-order valence-corrected chi connectivity index (χ2v) is 4.91. The third-order valence-corrected chi connectivity index (χ3v) is 1.98. The Hall–Kier alpha value is -1.88. The maximum Gasteiger partial charge on any atom is 0.343 e. The number of nitrogens with one attached hydrogen (secondary N) is 2. The van der Waals surface area contributed by atoms with E-state index in [2.05, 4.69) is 10.8 Å². The molecule has 0 aliphatic carbocycles. The summed E-state index contributed by atoms with van der Waals surface area (Å²) in [4.78, 5) is 27.8. The predicted octanol–water partition coefficient (Wildman–Crippen LogP) is 2.74. The molecule has 0 bridgehead atoms. The first-order chi connectivity index (χ1) is 8.28. The highest BCUT2D eigenvalue weighted by atomic mass is 16.7. The first-order valence-corrected chi connectivity index (χ1v) is 5.64. The van der Waals surface area contributed by atoms with Crippen LogP contribution in [0.2, 0.25) is 0 Å². The largest absolute Gasteiger partial charge is 0.343 e. The highest BCUT2D eigenvalue weighted by Crippen LogP contribution is 2.11. The number of carbonyl (C=O) groups is 2. The molecule has 0 aliphatic rings. The number of carbonyl (C=O) groups excluding carboxylic acids is 2. The van der Waals surface area contributed by atoms with Crippen LogP contribution in [-0.2, 0) is 4.84 Å². The van der Waals surface area contributed by atoms with Gasteiger partial charge in [0.15, 0.2) is 5.78 Å². The van der Waals surface area contributed by atoms with Crippen LogP contribution in [0.5, 0.6) is 0 Å². The molecule has 0 aromatic heterocycles. The van der Waals surface area contributed by atoms with Crippen LogP contribution in [0, 0.1) is 0 Å². The monoisotopic (exact) mass is 250 g/mol. The number of Topliss-reactive ketones (excluding diaryl/α,β-unsaturated/α-hetero) is 1. The van der Waals surface area contributed by atoms with Crippen molar-refractivity contribution >= 4 is 17.5 Å². The average Bonchev–Trinajstić information content (AvgIpc) is 2.26. The fourth-order valence-corrected chi connectivity index (χ4v) is 1.17. The van der Waals surface area contributed by atoms with Gasteiger partial charge in [0.1, 0.15) is 0 Å². The SMILES string of the molecule is CC(=O)c1cccc(NC(=O)NOC(C)(C)C)c1. The summed E-state index contributed by atoms with van der Waals surface area (Å²) < 4.78 is 0. The number of anilines is 1. The lowest BCUT2D eigenvalue weighted by atomic mass is 10.1. The van der Waals surface area contributed by atoms with E-state index < -0.39 is 11.6 Å². The zero-order valence-corrected chi connectivity index (χ0v) is 11.0. The van der Waals surface area contributed by atoms with E-state index in [1.54, 1.807) is 24.3 Å². The van der Waals surface area contributed by atoms with Gasteiger partial charge in [-0.3, -0.25) is 9.63 Å². The third kappa shape index (κ3) is 4.97. The standard InChI is InChI=1S/C13H18N2O3/c1-9(16)10-6-5-7-11(8-10)14-12(17)15-18-13(2,3)4/h5-8H,1-4H3,(H2,14,15,17). The van der Waals surface area contributed by atoms with Gasteiger partial charge in [0, 0.05) is 11.3 Å². The molecule has 0 fully saturated rings. The van der Waals surface area contributed by atoms with Crippen LogP contribution in [0.3, 0.4) is 0 Å². The molecule has 0 aliphatic heterocycles. The number of urea groups is 1. The van der Waals surface area contributed by atoms with Crippen molar-refractivity contribution in [1.29, 1.82) is 0 Å². The Kier molecular flexibility index (Phi) is 4.44. The normalized spacial score (nSPS) is 10.9. The zero-order valence-electron chi connectivity index (χ0n) is 11.0. The Morgan fingerprint density at radius 2 is 1.89 bits per heavy atom. The zero-order chi connectivity index (χ0) is 13.8. The van der Waals surface area contributed by atoms with Gasteiger partial charge in [0.25, 0.3) is 0 Å². The summed E-state index contributed by atoms with van der Waals surface area (Å²) in [7, 11) is 0. The second kappa shape index (κ2) is 5.64. The molecule has 2 amide bonds. The van der Waals surface area contributed by atoms with Crippen molar-refractivity contribution in [2.45, 2.75) is 33.3 Å². The molecule has 1 aromatic carbocycles. The summed E-state index contributed by atoms with van der Waals surface area (Å²) in [6.07, 6.45) is 0. The second-order valence-electron chi connectivity index (χ2n) is 4.91. The topological polar surface area (TPSA) is 67.4 Å². The number of rotatable bonds is 3. The van der Waals surface area contributed by atoms with Crippen molar-refractivity contribution in [3.8, 4) is 0 Å². The van der Waals surface area contributed by atoms with E-state index >= 15 is 0 Å². The molecular formula is C13H18N2O3. The average molecular weight is 250 g/mol. The molecule has 5 nitrogen and oxygen atoms in total. The number of hydrogen-bond donors (Lipinski definition) is 2. The van der Waals surface area contributed by atoms with E-state index in [0.29, 0.717) is 11.3 Å². The van der Waals surface area contributed by atoms with E-state index in [-0.39, 0.29) is 5.78 Å². The van der Waals surface area contributed by atoms with Gasteiger partial charge in [-0.05, 0) is 39.8 Å². The summed E-state index contributed by atoms with van der Waals surface area (Å²) in [5, 5.41) is 2.58. The van der Waals surface area contributed by atoms with Crippen molar-refractivity contribution in [2.24, 2.45) is 0 Å². The smallest absolute Gasteiger partial charge is 0.306 e. The van der Waals surface area contributed by atoms with E-state index in [4.69, 9.17) is 4.84 Å². The maximum atomic E-state index is 11.5. The maximum absolute atomic E-state index is 11.5. The van der Waals surface area contributed by atoms with Crippen LogP contribution in [0.15, 0.2) is 24.3 Å². The molecule has 1 rings (SSSR count). The lowest BCUT2D eigenvalue weighted by Gasteiger charge is -2.19. The number of hydrogen-bond acceptors (Lipinski definition) is 3. The Morgan fingerprint density at radius 3 is 2.44 bits per heavy atom. The Balaban J connectivity index is 2.59. The van der Waals surface area contributed by atoms with E-state index in [9.17, 15) is 9.59 Å². The van der Waals surface area contributed by atoms with Crippen LogP contribution in [0.25, 0.3) is 0 Å². The third-order valence-electron chi connectivity index (χ3n) is 1.98. The summed E-state index contributed by atoms with van der Waals surface area (Å²) in [6, 6.07) is 6.22. The summed E-state index contributed by atoms with van der Waals surface area (Å²) in [5.41, 5.74) is 2.91. The van der Waals surface area contributed by atoms with Crippen LogP contribution in [-0.4, -0.2) is 17.4 Å². The number of benzene rings is 1. The minimum absolute atomic E-state index is 0.0509. The molecule has 0 spiro atoms. The van der Waals surface area contributed by atoms with Crippen molar-refractivity contribution < 1.29 is 14.4 Å². The summed E-state index contributed by atoms with van der Waals surface area (Å²) >= 11 is 0. The summed E-state index contributed by atoms with van der Waals surface area (Å²) in [6.45, 7) is 6.94. The van der Waals surface area contributed by atoms with Crippen molar-refractivity contribution in [2.75, 3.05) is 5.32 Å². The fourth-order valence-electron chi connectivity index (χ4n) is 1.17. The predicted molar refractivity (Wildman–Crippen MR) is 69.4 cm³/mol. The van der Waals surface area contributed by atoms with Crippen molar-refractivity contribution in [1.82, 2.24) is 5.48 Å². The Morgan fingerprint density at radius 1 is 1.22 bits per heavy atom. The minimum atomic E-state index is -0.481. The molecule has 0 unspecified atom stereocenters. The molecule has 2 N–H and O–H groups in total. The molecule has 0 saturated carbocycles. The van der Waals surface area contributed by atoms with Crippen molar-refractivity contribution in [3.63, 3.8) is 0 Å². The number of amides is 2. The van der Waals surface area contributed by atoms with E-state index in [1.165, 1.54) is 6.92 Å². The lowest BCUT2D eigenvalue weighted by molar-refractivity contribution is -0.0505. The minimum Gasteiger partial charge on any atom is -0.306 e. The van der Waals surface area contributed by atoms with Gasteiger partial charge in [0.2, 0.25) is 0 Å². The molecule has 0 saturated heterocycles. The molecular weight excluding hydrogens is 232 g/mol. The molecule has 0 radical (unpaired) electrons. The van der Waals surface area contributed by atoms with Gasteiger partial charge in [-0.2, -0.15) is 0 Å². The van der Waals surface area contributed by atoms with Crippen LogP contribution in [0.1, 0.15) is 38.1 Å². The molecule has 0 atom stereocenters. The Labute approximate surface area is 106 Å². The first kappa shape index (κ1) is 14.2. The number of ketones is 1. The van der Waals surface area contributed by atoms with Gasteiger partial charge < -0.3 is 5.32 Å². The van der Waals surface area contributed by atoms with Gasteiger partial charge in [-0.1, -0.05) is 12.1 Å². The first-order valence-electron chi connectivity index (χ1n) is 5.64. The van der Waals surface area contributed by atoms with Gasteiger partial charge in [0.05, 0.1) is 5.60 Å². The molecule has 1 aromatic rings. The van der Waals surface area contributed by atoms with Gasteiger partial charge >= 0.3 is 6.03 Å². The van der Waals surface area contributed by atoms with E-state index in [1.807, 2.05) is 20.8 Å². The fraction of sp³-hybridized carbons (Fsp3) is 0.385. The van der Waals surface area contributed by atoms with E-state index in [0.717, 1.165) is 0 Å². The van der Waals surface area contributed by atoms with Crippen LogP contribution >= 0.6 is 0 Å². The van der Waals surface area contributed by atoms with Gasteiger partial charge in [-0.25, -0.2) is 10.3 Å². The molecule has 0 heterocycles. The van der Waals surface area contributed by atoms with Gasteiger partial charge in [-0.15, -0.1) is 0 Å². The molecule has 18 heavy (non-hydrogen) atoms. The highest BCUT2D eigenvalue weighted by Gasteiger charge is 2.12. The summed E-state index contributed by atoms with van der Waals surface area (Å²) in [5.74, 6) is -0.0509. The Bertz CT molecular complexity index is 450.